The highest BCUT2D eigenvalue weighted by atomic mass is 19.1. The molecule has 1 heterocycles. The van der Waals surface area contributed by atoms with Crippen LogP contribution in [0, 0.1) is 17.7 Å². The molecule has 1 aliphatic heterocycles. The van der Waals surface area contributed by atoms with E-state index in [-0.39, 0.29) is 23.8 Å². The molecule has 2 amide bonds. The molecule has 2 atom stereocenters. The molecule has 1 aliphatic carbocycles. The van der Waals surface area contributed by atoms with Gasteiger partial charge >= 0.3 is 12.1 Å². The van der Waals surface area contributed by atoms with Gasteiger partial charge in [-0.15, -0.1) is 0 Å². The van der Waals surface area contributed by atoms with E-state index < -0.39 is 29.8 Å². The van der Waals surface area contributed by atoms with Gasteiger partial charge in [0.15, 0.2) is 0 Å². The number of hydrogen-bond acceptors (Lipinski definition) is 5. The Labute approximate surface area is 193 Å². The maximum Gasteiger partial charge on any atom is 0.407 e. The number of likely N-dealkylation sites (tertiary alicyclic amines) is 1. The monoisotopic (exact) mass is 464 g/mol. The topological polar surface area (TPSA) is 105 Å². The molecule has 1 saturated carbocycles. The fourth-order valence-electron chi connectivity index (χ4n) is 4.95. The number of anilines is 1. The van der Waals surface area contributed by atoms with E-state index >= 15 is 0 Å². The Kier molecular flexibility index (Phi) is 9.05. The third-order valence-corrected chi connectivity index (χ3v) is 6.54. The fraction of sp³-hybridized carbons (Fsp3) is 0.625. The summed E-state index contributed by atoms with van der Waals surface area (Å²) in [7, 11) is 0. The quantitative estimate of drug-likeness (QED) is 0.417. The summed E-state index contributed by atoms with van der Waals surface area (Å²) >= 11 is 0. The van der Waals surface area contributed by atoms with Gasteiger partial charge in [-0.25, -0.2) is 14.0 Å². The van der Waals surface area contributed by atoms with Gasteiger partial charge in [-0.3, -0.25) is 9.69 Å². The number of carbonyl (C=O) groups is 3. The molecule has 0 spiro atoms. The van der Waals surface area contributed by atoms with Crippen molar-refractivity contribution >= 4 is 23.7 Å². The minimum Gasteiger partial charge on any atom is -0.465 e. The number of benzene rings is 1. The lowest BCUT2D eigenvalue weighted by atomic mass is 9.76. The summed E-state index contributed by atoms with van der Waals surface area (Å²) in [5.41, 5.74) is -0.0532. The van der Waals surface area contributed by atoms with Gasteiger partial charge in [0.25, 0.3) is 0 Å². The molecule has 0 aromatic heterocycles. The standard InChI is InChI=1S/C24H33FN2O6/c1-2-32-13-6-14-33-23(29)19-10-9-17(15-20(19)25)26-22(28)21-18(11-12-27(21)24(30)31)16-7-4-3-5-8-16/h9-10,15-16,18,21H,2-8,11-14H2,1H3,(H,26,28)(H,30,31)/t18-,21-/m0/s1. The second-order valence-electron chi connectivity index (χ2n) is 8.64. The zero-order chi connectivity index (χ0) is 23.8. The van der Waals surface area contributed by atoms with Crippen LogP contribution < -0.4 is 5.32 Å². The zero-order valence-corrected chi connectivity index (χ0v) is 19.1. The Hall–Kier alpha value is -2.68. The van der Waals surface area contributed by atoms with Crippen LogP contribution in [0.1, 0.15) is 62.2 Å². The summed E-state index contributed by atoms with van der Waals surface area (Å²) in [4.78, 5) is 38.1. The van der Waals surface area contributed by atoms with E-state index in [4.69, 9.17) is 9.47 Å². The largest absolute Gasteiger partial charge is 0.465 e. The van der Waals surface area contributed by atoms with Gasteiger partial charge in [0.05, 0.1) is 12.2 Å². The van der Waals surface area contributed by atoms with E-state index in [9.17, 15) is 23.9 Å². The van der Waals surface area contributed by atoms with Crippen molar-refractivity contribution in [3.63, 3.8) is 0 Å². The second kappa shape index (κ2) is 12.0. The minimum atomic E-state index is -1.12. The number of nitrogens with zero attached hydrogens (tertiary/aromatic N) is 1. The number of hydrogen-bond donors (Lipinski definition) is 2. The first-order valence-corrected chi connectivity index (χ1v) is 11.8. The smallest absolute Gasteiger partial charge is 0.407 e. The van der Waals surface area contributed by atoms with E-state index in [0.717, 1.165) is 31.7 Å². The highest BCUT2D eigenvalue weighted by Crippen LogP contribution is 2.39. The van der Waals surface area contributed by atoms with Gasteiger partial charge in [0.1, 0.15) is 11.9 Å². The molecule has 0 bridgehead atoms. The van der Waals surface area contributed by atoms with Gasteiger partial charge in [-0.2, -0.15) is 0 Å². The molecule has 2 N–H and O–H groups in total. The second-order valence-corrected chi connectivity index (χ2v) is 8.64. The lowest BCUT2D eigenvalue weighted by Gasteiger charge is -2.32. The van der Waals surface area contributed by atoms with Gasteiger partial charge in [0, 0.05) is 31.9 Å². The van der Waals surface area contributed by atoms with Crippen LogP contribution in [0.5, 0.6) is 0 Å². The van der Waals surface area contributed by atoms with Crippen LogP contribution in [-0.4, -0.2) is 60.4 Å². The first-order valence-electron chi connectivity index (χ1n) is 11.8. The summed E-state index contributed by atoms with van der Waals surface area (Å²) in [6.07, 6.45) is 5.39. The summed E-state index contributed by atoms with van der Waals surface area (Å²) in [5.74, 6) is -1.79. The van der Waals surface area contributed by atoms with Crippen molar-refractivity contribution in [2.24, 2.45) is 11.8 Å². The molecule has 33 heavy (non-hydrogen) atoms. The van der Waals surface area contributed by atoms with Crippen LogP contribution >= 0.6 is 0 Å². The van der Waals surface area contributed by atoms with Crippen LogP contribution in [0.25, 0.3) is 0 Å². The molecule has 2 fully saturated rings. The SMILES string of the molecule is CCOCCCOC(=O)c1ccc(NC(=O)[C@@H]2[C@H](C3CCCCC3)CCN2C(=O)O)cc1F. The van der Waals surface area contributed by atoms with Gasteiger partial charge in [-0.1, -0.05) is 32.1 Å². The number of carboxylic acid groups (broad SMARTS) is 1. The van der Waals surface area contributed by atoms with Crippen molar-refractivity contribution in [2.75, 3.05) is 31.7 Å². The Balaban J connectivity index is 1.64. The van der Waals surface area contributed by atoms with Crippen molar-refractivity contribution in [3.05, 3.63) is 29.6 Å². The maximum atomic E-state index is 14.5. The zero-order valence-electron chi connectivity index (χ0n) is 19.1. The van der Waals surface area contributed by atoms with Crippen LogP contribution in [0.4, 0.5) is 14.9 Å². The van der Waals surface area contributed by atoms with Crippen LogP contribution in [0.3, 0.4) is 0 Å². The number of esters is 1. The van der Waals surface area contributed by atoms with Crippen LogP contribution in [-0.2, 0) is 14.3 Å². The first-order chi connectivity index (χ1) is 15.9. The highest BCUT2D eigenvalue weighted by molar-refractivity contribution is 5.97. The Morgan fingerprint density at radius 3 is 2.58 bits per heavy atom. The maximum absolute atomic E-state index is 14.5. The molecule has 1 saturated heterocycles. The molecule has 0 unspecified atom stereocenters. The van der Waals surface area contributed by atoms with E-state index in [1.165, 1.54) is 23.5 Å². The first kappa shape index (κ1) is 25.0. The molecule has 3 rings (SSSR count). The molecule has 1 aromatic rings. The lowest BCUT2D eigenvalue weighted by molar-refractivity contribution is -0.121. The predicted octanol–water partition coefficient (Wildman–Crippen LogP) is 4.30. The predicted molar refractivity (Wildman–Crippen MR) is 120 cm³/mol. The number of ether oxygens (including phenoxy) is 2. The normalized spacial score (nSPS) is 21.1. The molecule has 182 valence electrons. The average molecular weight is 465 g/mol. The van der Waals surface area contributed by atoms with Crippen molar-refractivity contribution in [1.82, 2.24) is 4.90 Å². The van der Waals surface area contributed by atoms with Gasteiger partial charge in [0.2, 0.25) is 5.91 Å². The van der Waals surface area contributed by atoms with Crippen molar-refractivity contribution in [3.8, 4) is 0 Å². The van der Waals surface area contributed by atoms with Crippen LogP contribution in [0.15, 0.2) is 18.2 Å². The van der Waals surface area contributed by atoms with E-state index in [1.807, 2.05) is 6.92 Å². The highest BCUT2D eigenvalue weighted by Gasteiger charge is 2.45. The van der Waals surface area contributed by atoms with Crippen LogP contribution in [0.2, 0.25) is 0 Å². The molecular formula is C24H33FN2O6. The molecular weight excluding hydrogens is 431 g/mol. The number of nitrogens with one attached hydrogen (secondary N) is 1. The van der Waals surface area contributed by atoms with Gasteiger partial charge in [-0.05, 0) is 43.4 Å². The number of carbonyl (C=O) groups excluding carboxylic acids is 2. The molecule has 2 aliphatic rings. The molecule has 8 nitrogen and oxygen atoms in total. The summed E-state index contributed by atoms with van der Waals surface area (Å²) in [6, 6.07) is 2.94. The van der Waals surface area contributed by atoms with Crippen molar-refractivity contribution in [2.45, 2.75) is 57.9 Å². The average Bonchev–Trinajstić information content (AvgIpc) is 3.25. The van der Waals surface area contributed by atoms with Crippen molar-refractivity contribution in [1.29, 1.82) is 0 Å². The van der Waals surface area contributed by atoms with Crippen molar-refractivity contribution < 1.29 is 33.4 Å². The van der Waals surface area contributed by atoms with Gasteiger partial charge < -0.3 is 19.9 Å². The molecule has 1 aromatic carbocycles. The number of halogens is 1. The van der Waals surface area contributed by atoms with E-state index in [1.54, 1.807) is 0 Å². The van der Waals surface area contributed by atoms with E-state index in [2.05, 4.69) is 5.32 Å². The van der Waals surface area contributed by atoms with E-state index in [0.29, 0.717) is 38.5 Å². The lowest BCUT2D eigenvalue weighted by Crippen LogP contribution is -2.47. The Morgan fingerprint density at radius 2 is 1.91 bits per heavy atom. The summed E-state index contributed by atoms with van der Waals surface area (Å²) in [5, 5.41) is 12.3. The third kappa shape index (κ3) is 6.43. The third-order valence-electron chi connectivity index (χ3n) is 6.54. The summed E-state index contributed by atoms with van der Waals surface area (Å²) in [6.45, 7) is 3.32. The Bertz CT molecular complexity index is 842. The Morgan fingerprint density at radius 1 is 1.15 bits per heavy atom. The molecule has 0 radical (unpaired) electrons. The number of rotatable bonds is 9. The summed E-state index contributed by atoms with van der Waals surface area (Å²) < 4.78 is 24.8. The fourth-order valence-corrected chi connectivity index (χ4v) is 4.95. The number of amides is 2. The molecule has 9 heteroatoms. The minimum absolute atomic E-state index is 0.0443.